The number of esters is 1. The molecule has 0 unspecified atom stereocenters. The summed E-state index contributed by atoms with van der Waals surface area (Å²) in [6.07, 6.45) is 3.74. The molecule has 0 spiro atoms. The Balaban J connectivity index is 1.83. The molecule has 0 atom stereocenters. The van der Waals surface area contributed by atoms with Crippen LogP contribution in [0.25, 0.3) is 0 Å². The van der Waals surface area contributed by atoms with Crippen LogP contribution in [0.5, 0.6) is 0 Å². The van der Waals surface area contributed by atoms with Gasteiger partial charge in [0.2, 0.25) is 5.95 Å². The highest BCUT2D eigenvalue weighted by atomic mass is 35.5. The molecule has 110 valence electrons. The van der Waals surface area contributed by atoms with E-state index >= 15 is 0 Å². The SMILES string of the molecule is CCOC(=O)c1cnc(NCCc2ccc(Cl)cc2)nc1. The van der Waals surface area contributed by atoms with Gasteiger partial charge in [-0.25, -0.2) is 14.8 Å². The average molecular weight is 306 g/mol. The molecule has 0 amide bonds. The second-order valence-electron chi connectivity index (χ2n) is 4.32. The molecule has 0 aliphatic rings. The van der Waals surface area contributed by atoms with Gasteiger partial charge in [0.05, 0.1) is 12.2 Å². The smallest absolute Gasteiger partial charge is 0.341 e. The van der Waals surface area contributed by atoms with Crippen molar-refractivity contribution in [3.8, 4) is 0 Å². The Kier molecular flexibility index (Phi) is 5.51. The summed E-state index contributed by atoms with van der Waals surface area (Å²) in [6, 6.07) is 7.69. The lowest BCUT2D eigenvalue weighted by atomic mass is 10.1. The number of nitrogens with zero attached hydrogens (tertiary/aromatic N) is 2. The highest BCUT2D eigenvalue weighted by molar-refractivity contribution is 6.30. The van der Waals surface area contributed by atoms with Crippen LogP contribution in [0.2, 0.25) is 5.02 Å². The van der Waals surface area contributed by atoms with Gasteiger partial charge >= 0.3 is 5.97 Å². The van der Waals surface area contributed by atoms with Crippen LogP contribution in [0.1, 0.15) is 22.8 Å². The third-order valence-corrected chi connectivity index (χ3v) is 3.02. The monoisotopic (exact) mass is 305 g/mol. The van der Waals surface area contributed by atoms with Gasteiger partial charge in [0.25, 0.3) is 0 Å². The molecule has 5 nitrogen and oxygen atoms in total. The van der Waals surface area contributed by atoms with Crippen molar-refractivity contribution < 1.29 is 9.53 Å². The number of rotatable bonds is 6. The van der Waals surface area contributed by atoms with E-state index in [0.29, 0.717) is 24.7 Å². The fourth-order valence-corrected chi connectivity index (χ4v) is 1.83. The minimum atomic E-state index is -0.412. The van der Waals surface area contributed by atoms with Crippen molar-refractivity contribution in [1.29, 1.82) is 0 Å². The lowest BCUT2D eigenvalue weighted by Crippen LogP contribution is -2.10. The molecule has 1 aromatic carbocycles. The molecule has 0 aliphatic heterocycles. The Hall–Kier alpha value is -2.14. The molecular formula is C15H16ClN3O2. The van der Waals surface area contributed by atoms with Gasteiger partial charge in [0.1, 0.15) is 0 Å². The summed E-state index contributed by atoms with van der Waals surface area (Å²) in [5.41, 5.74) is 1.52. The van der Waals surface area contributed by atoms with E-state index in [1.807, 2.05) is 24.3 Å². The first kappa shape index (κ1) is 15.3. The summed E-state index contributed by atoms with van der Waals surface area (Å²) in [4.78, 5) is 19.6. The Labute approximate surface area is 128 Å². The van der Waals surface area contributed by atoms with Crippen LogP contribution < -0.4 is 5.32 Å². The van der Waals surface area contributed by atoms with Crippen LogP contribution in [-0.4, -0.2) is 29.1 Å². The van der Waals surface area contributed by atoms with Gasteiger partial charge in [-0.2, -0.15) is 0 Å². The molecule has 0 bridgehead atoms. The van der Waals surface area contributed by atoms with Crippen LogP contribution in [0.4, 0.5) is 5.95 Å². The number of anilines is 1. The summed E-state index contributed by atoms with van der Waals surface area (Å²) in [6.45, 7) is 2.78. The molecular weight excluding hydrogens is 290 g/mol. The van der Waals surface area contributed by atoms with E-state index in [9.17, 15) is 4.79 Å². The molecule has 0 saturated heterocycles. The summed E-state index contributed by atoms with van der Waals surface area (Å²) in [5.74, 6) is 0.0715. The van der Waals surface area contributed by atoms with Crippen LogP contribution >= 0.6 is 11.6 Å². The van der Waals surface area contributed by atoms with E-state index in [-0.39, 0.29) is 0 Å². The van der Waals surface area contributed by atoms with E-state index in [2.05, 4.69) is 15.3 Å². The molecule has 0 aliphatic carbocycles. The van der Waals surface area contributed by atoms with E-state index in [1.165, 1.54) is 18.0 Å². The number of halogens is 1. The maximum Gasteiger partial charge on any atom is 0.341 e. The largest absolute Gasteiger partial charge is 0.462 e. The van der Waals surface area contributed by atoms with Gasteiger partial charge in [0, 0.05) is 24.0 Å². The Morgan fingerprint density at radius 2 is 1.90 bits per heavy atom. The van der Waals surface area contributed by atoms with Gasteiger partial charge in [-0.15, -0.1) is 0 Å². The number of benzene rings is 1. The van der Waals surface area contributed by atoms with Gasteiger partial charge in [0.15, 0.2) is 0 Å². The number of carbonyl (C=O) groups excluding carboxylic acids is 1. The number of hydrogen-bond donors (Lipinski definition) is 1. The van der Waals surface area contributed by atoms with Gasteiger partial charge < -0.3 is 10.1 Å². The van der Waals surface area contributed by atoms with Gasteiger partial charge in [-0.1, -0.05) is 23.7 Å². The van der Waals surface area contributed by atoms with Crippen molar-refractivity contribution >= 4 is 23.5 Å². The summed E-state index contributed by atoms with van der Waals surface area (Å²) < 4.78 is 4.87. The first-order valence-electron chi connectivity index (χ1n) is 6.66. The Morgan fingerprint density at radius 3 is 2.52 bits per heavy atom. The topological polar surface area (TPSA) is 64.1 Å². The molecule has 2 aromatic rings. The second kappa shape index (κ2) is 7.59. The normalized spacial score (nSPS) is 10.2. The quantitative estimate of drug-likeness (QED) is 0.831. The molecule has 1 N–H and O–H groups in total. The molecule has 6 heteroatoms. The van der Waals surface area contributed by atoms with Crippen molar-refractivity contribution in [2.45, 2.75) is 13.3 Å². The zero-order chi connectivity index (χ0) is 15.1. The molecule has 0 radical (unpaired) electrons. The predicted molar refractivity (Wildman–Crippen MR) is 81.6 cm³/mol. The number of nitrogens with one attached hydrogen (secondary N) is 1. The number of hydrogen-bond acceptors (Lipinski definition) is 5. The highest BCUT2D eigenvalue weighted by Gasteiger charge is 2.07. The van der Waals surface area contributed by atoms with E-state index in [4.69, 9.17) is 16.3 Å². The van der Waals surface area contributed by atoms with Crippen molar-refractivity contribution in [2.24, 2.45) is 0 Å². The first-order chi connectivity index (χ1) is 10.2. The number of aromatic nitrogens is 2. The van der Waals surface area contributed by atoms with Crippen molar-refractivity contribution in [3.63, 3.8) is 0 Å². The predicted octanol–water partition coefficient (Wildman–Crippen LogP) is 2.96. The lowest BCUT2D eigenvalue weighted by molar-refractivity contribution is 0.0525. The van der Waals surface area contributed by atoms with Crippen LogP contribution in [0.15, 0.2) is 36.7 Å². The van der Waals surface area contributed by atoms with Crippen LogP contribution in [0, 0.1) is 0 Å². The minimum Gasteiger partial charge on any atom is -0.462 e. The van der Waals surface area contributed by atoms with Crippen LogP contribution in [0.3, 0.4) is 0 Å². The zero-order valence-corrected chi connectivity index (χ0v) is 12.4. The average Bonchev–Trinajstić information content (AvgIpc) is 2.50. The van der Waals surface area contributed by atoms with E-state index in [1.54, 1.807) is 6.92 Å². The van der Waals surface area contributed by atoms with Crippen molar-refractivity contribution in [3.05, 3.63) is 52.8 Å². The van der Waals surface area contributed by atoms with Gasteiger partial charge in [-0.05, 0) is 31.0 Å². The first-order valence-corrected chi connectivity index (χ1v) is 7.04. The standard InChI is InChI=1S/C15H16ClN3O2/c1-2-21-14(20)12-9-18-15(19-10-12)17-8-7-11-3-5-13(16)6-4-11/h3-6,9-10H,2,7-8H2,1H3,(H,17,18,19). The molecule has 2 rings (SSSR count). The summed E-state index contributed by atoms with van der Waals surface area (Å²) >= 11 is 5.83. The fourth-order valence-electron chi connectivity index (χ4n) is 1.71. The second-order valence-corrected chi connectivity index (χ2v) is 4.76. The Morgan fingerprint density at radius 1 is 1.24 bits per heavy atom. The Bertz CT molecular complexity index is 585. The molecule has 21 heavy (non-hydrogen) atoms. The molecule has 0 saturated carbocycles. The van der Waals surface area contributed by atoms with Crippen LogP contribution in [-0.2, 0) is 11.2 Å². The lowest BCUT2D eigenvalue weighted by Gasteiger charge is -2.06. The fraction of sp³-hybridized carbons (Fsp3) is 0.267. The minimum absolute atomic E-state index is 0.333. The highest BCUT2D eigenvalue weighted by Crippen LogP contribution is 2.10. The maximum atomic E-state index is 11.4. The van der Waals surface area contributed by atoms with Crippen molar-refractivity contribution in [2.75, 3.05) is 18.5 Å². The van der Waals surface area contributed by atoms with Crippen molar-refractivity contribution in [1.82, 2.24) is 9.97 Å². The zero-order valence-electron chi connectivity index (χ0n) is 11.7. The maximum absolute atomic E-state index is 11.4. The molecule has 0 fully saturated rings. The third kappa shape index (κ3) is 4.72. The number of ether oxygens (including phenoxy) is 1. The summed E-state index contributed by atoms with van der Waals surface area (Å²) in [5, 5.41) is 3.83. The van der Waals surface area contributed by atoms with E-state index < -0.39 is 5.97 Å². The van der Waals surface area contributed by atoms with E-state index in [0.717, 1.165) is 11.4 Å². The van der Waals surface area contributed by atoms with Gasteiger partial charge in [-0.3, -0.25) is 0 Å². The summed E-state index contributed by atoms with van der Waals surface area (Å²) in [7, 11) is 0. The number of carbonyl (C=O) groups is 1. The molecule has 1 aromatic heterocycles. The molecule has 1 heterocycles. The third-order valence-electron chi connectivity index (χ3n) is 2.77.